The molecule has 0 saturated heterocycles. The molecule has 0 bridgehead atoms. The SMILES string of the molecule is CCCCCN(Cc1cccn1Cc1ccccc1)S(=O)(=O)c1ccccc1. The van der Waals surface area contributed by atoms with Crippen LogP contribution in [0.25, 0.3) is 0 Å². The number of unbranched alkanes of at least 4 members (excludes halogenated alkanes) is 2. The highest BCUT2D eigenvalue weighted by Crippen LogP contribution is 2.20. The first-order valence-electron chi connectivity index (χ1n) is 9.84. The lowest BCUT2D eigenvalue weighted by Crippen LogP contribution is -2.32. The maximum absolute atomic E-state index is 13.2. The largest absolute Gasteiger partial charge is 0.346 e. The molecule has 0 aliphatic carbocycles. The molecule has 0 N–H and O–H groups in total. The minimum Gasteiger partial charge on any atom is -0.346 e. The summed E-state index contributed by atoms with van der Waals surface area (Å²) in [5.41, 5.74) is 2.20. The van der Waals surface area contributed by atoms with Gasteiger partial charge in [0, 0.05) is 25.0 Å². The first-order valence-corrected chi connectivity index (χ1v) is 11.3. The van der Waals surface area contributed by atoms with Crippen LogP contribution < -0.4 is 0 Å². The average molecular weight is 397 g/mol. The Labute approximate surface area is 168 Å². The van der Waals surface area contributed by atoms with Gasteiger partial charge in [0.25, 0.3) is 0 Å². The van der Waals surface area contributed by atoms with Crippen LogP contribution in [0.4, 0.5) is 0 Å². The Bertz CT molecular complexity index is 951. The van der Waals surface area contributed by atoms with Gasteiger partial charge in [-0.3, -0.25) is 0 Å². The summed E-state index contributed by atoms with van der Waals surface area (Å²) in [5.74, 6) is 0. The first kappa shape index (κ1) is 20.4. The molecule has 2 aromatic carbocycles. The van der Waals surface area contributed by atoms with Crippen molar-refractivity contribution in [3.8, 4) is 0 Å². The van der Waals surface area contributed by atoms with E-state index in [1.807, 2.05) is 42.6 Å². The minimum atomic E-state index is -3.53. The molecule has 5 heteroatoms. The first-order chi connectivity index (χ1) is 13.6. The standard InChI is InChI=1S/C23H28N2O2S/c1-2-3-10-18-25(28(26,27)23-15-8-5-9-16-23)20-22-14-11-17-24(22)19-21-12-6-4-7-13-21/h4-9,11-17H,2-3,10,18-20H2,1H3. The summed E-state index contributed by atoms with van der Waals surface area (Å²) in [6.45, 7) is 3.76. The van der Waals surface area contributed by atoms with Gasteiger partial charge in [-0.1, -0.05) is 68.3 Å². The molecular weight excluding hydrogens is 368 g/mol. The minimum absolute atomic E-state index is 0.354. The highest BCUT2D eigenvalue weighted by Gasteiger charge is 2.25. The Morgan fingerprint density at radius 1 is 0.857 bits per heavy atom. The van der Waals surface area contributed by atoms with E-state index >= 15 is 0 Å². The molecule has 3 rings (SSSR count). The Kier molecular flexibility index (Phi) is 7.06. The topological polar surface area (TPSA) is 42.3 Å². The molecule has 0 spiro atoms. The number of sulfonamides is 1. The summed E-state index contributed by atoms with van der Waals surface area (Å²) in [6, 6.07) is 22.9. The lowest BCUT2D eigenvalue weighted by molar-refractivity contribution is 0.385. The molecule has 0 saturated carbocycles. The van der Waals surface area contributed by atoms with Gasteiger partial charge in [0.1, 0.15) is 0 Å². The molecule has 3 aromatic rings. The average Bonchev–Trinajstić information content (AvgIpc) is 3.15. The van der Waals surface area contributed by atoms with Gasteiger partial charge in [0.05, 0.1) is 11.4 Å². The fourth-order valence-electron chi connectivity index (χ4n) is 3.27. The van der Waals surface area contributed by atoms with Gasteiger partial charge in [0.15, 0.2) is 0 Å². The van der Waals surface area contributed by atoms with E-state index in [1.165, 1.54) is 5.56 Å². The number of benzene rings is 2. The van der Waals surface area contributed by atoms with E-state index in [0.29, 0.717) is 18.0 Å². The van der Waals surface area contributed by atoms with Crippen LogP contribution in [0.15, 0.2) is 83.9 Å². The molecule has 1 aromatic heterocycles. The fourth-order valence-corrected chi connectivity index (χ4v) is 4.74. The molecule has 0 radical (unpaired) electrons. The van der Waals surface area contributed by atoms with Crippen molar-refractivity contribution < 1.29 is 8.42 Å². The Morgan fingerprint density at radius 3 is 2.21 bits per heavy atom. The van der Waals surface area contributed by atoms with Crippen LogP contribution in [0.1, 0.15) is 37.4 Å². The molecular formula is C23H28N2O2S. The predicted molar refractivity (Wildman–Crippen MR) is 114 cm³/mol. The molecule has 0 atom stereocenters. The van der Waals surface area contributed by atoms with E-state index in [1.54, 1.807) is 28.6 Å². The lowest BCUT2D eigenvalue weighted by Gasteiger charge is -2.23. The van der Waals surface area contributed by atoms with Crippen molar-refractivity contribution in [2.75, 3.05) is 6.54 Å². The van der Waals surface area contributed by atoms with E-state index < -0.39 is 10.0 Å². The van der Waals surface area contributed by atoms with E-state index in [4.69, 9.17) is 0 Å². The van der Waals surface area contributed by atoms with Crippen molar-refractivity contribution in [2.24, 2.45) is 0 Å². The number of hydrogen-bond donors (Lipinski definition) is 0. The van der Waals surface area contributed by atoms with Gasteiger partial charge in [0.2, 0.25) is 10.0 Å². The monoisotopic (exact) mass is 396 g/mol. The van der Waals surface area contributed by atoms with E-state index in [2.05, 4.69) is 23.6 Å². The number of aromatic nitrogens is 1. The van der Waals surface area contributed by atoms with Crippen LogP contribution in [0.2, 0.25) is 0 Å². The third-order valence-electron chi connectivity index (χ3n) is 4.85. The molecule has 0 amide bonds. The smallest absolute Gasteiger partial charge is 0.243 e. The second kappa shape index (κ2) is 9.71. The second-order valence-corrected chi connectivity index (χ2v) is 8.91. The van der Waals surface area contributed by atoms with E-state index in [0.717, 1.165) is 31.5 Å². The molecule has 148 valence electrons. The van der Waals surface area contributed by atoms with E-state index in [9.17, 15) is 8.42 Å². The Morgan fingerprint density at radius 2 is 1.54 bits per heavy atom. The van der Waals surface area contributed by atoms with Crippen molar-refractivity contribution in [3.05, 3.63) is 90.3 Å². The van der Waals surface area contributed by atoms with Crippen molar-refractivity contribution in [1.82, 2.24) is 8.87 Å². The molecule has 1 heterocycles. The normalized spacial score (nSPS) is 11.8. The van der Waals surface area contributed by atoms with Gasteiger partial charge >= 0.3 is 0 Å². The number of hydrogen-bond acceptors (Lipinski definition) is 2. The maximum atomic E-state index is 13.2. The van der Waals surface area contributed by atoms with Gasteiger partial charge < -0.3 is 4.57 Å². The van der Waals surface area contributed by atoms with Gasteiger partial charge in [-0.2, -0.15) is 4.31 Å². The zero-order valence-corrected chi connectivity index (χ0v) is 17.2. The Hall–Kier alpha value is -2.37. The van der Waals surface area contributed by atoms with Crippen molar-refractivity contribution in [1.29, 1.82) is 0 Å². The predicted octanol–water partition coefficient (Wildman–Crippen LogP) is 4.92. The van der Waals surface area contributed by atoms with Crippen LogP contribution in [-0.2, 0) is 23.1 Å². The van der Waals surface area contributed by atoms with Crippen molar-refractivity contribution >= 4 is 10.0 Å². The Balaban J connectivity index is 1.83. The summed E-state index contributed by atoms with van der Waals surface area (Å²) in [7, 11) is -3.53. The van der Waals surface area contributed by atoms with Gasteiger partial charge in [-0.05, 0) is 36.2 Å². The third kappa shape index (κ3) is 5.12. The van der Waals surface area contributed by atoms with Crippen LogP contribution >= 0.6 is 0 Å². The number of rotatable bonds is 10. The zero-order chi connectivity index (χ0) is 19.8. The van der Waals surface area contributed by atoms with Gasteiger partial charge in [-0.15, -0.1) is 0 Å². The molecule has 0 aliphatic rings. The summed E-state index contributed by atoms with van der Waals surface area (Å²) in [4.78, 5) is 0.354. The van der Waals surface area contributed by atoms with Crippen LogP contribution in [0.5, 0.6) is 0 Å². The summed E-state index contributed by atoms with van der Waals surface area (Å²) in [6.07, 6.45) is 4.96. The van der Waals surface area contributed by atoms with Crippen LogP contribution in [-0.4, -0.2) is 23.8 Å². The highest BCUT2D eigenvalue weighted by molar-refractivity contribution is 7.89. The second-order valence-electron chi connectivity index (χ2n) is 6.97. The molecule has 0 aliphatic heterocycles. The van der Waals surface area contributed by atoms with Crippen LogP contribution in [0.3, 0.4) is 0 Å². The lowest BCUT2D eigenvalue weighted by atomic mass is 10.2. The fraction of sp³-hybridized carbons (Fsp3) is 0.304. The molecule has 28 heavy (non-hydrogen) atoms. The quantitative estimate of drug-likeness (QED) is 0.457. The maximum Gasteiger partial charge on any atom is 0.243 e. The zero-order valence-electron chi connectivity index (χ0n) is 16.4. The van der Waals surface area contributed by atoms with Crippen LogP contribution in [0, 0.1) is 0 Å². The summed E-state index contributed by atoms with van der Waals surface area (Å²) >= 11 is 0. The summed E-state index contributed by atoms with van der Waals surface area (Å²) < 4.78 is 30.2. The summed E-state index contributed by atoms with van der Waals surface area (Å²) in [5, 5.41) is 0. The highest BCUT2D eigenvalue weighted by atomic mass is 32.2. The van der Waals surface area contributed by atoms with Crippen molar-refractivity contribution in [2.45, 2.75) is 44.2 Å². The molecule has 0 fully saturated rings. The van der Waals surface area contributed by atoms with Crippen molar-refractivity contribution in [3.63, 3.8) is 0 Å². The molecule has 0 unspecified atom stereocenters. The van der Waals surface area contributed by atoms with E-state index in [-0.39, 0.29) is 0 Å². The molecule has 4 nitrogen and oxygen atoms in total. The third-order valence-corrected chi connectivity index (χ3v) is 6.71. The number of nitrogens with zero attached hydrogens (tertiary/aromatic N) is 2. The van der Waals surface area contributed by atoms with Gasteiger partial charge in [-0.25, -0.2) is 8.42 Å².